The molecule has 3 rings (SSSR count). The van der Waals surface area contributed by atoms with Gasteiger partial charge >= 0.3 is 0 Å². The van der Waals surface area contributed by atoms with Gasteiger partial charge in [-0.05, 0) is 19.1 Å². The van der Waals surface area contributed by atoms with E-state index in [1.165, 1.54) is 17.8 Å². The van der Waals surface area contributed by atoms with Crippen LogP contribution in [0.1, 0.15) is 31.3 Å². The number of amides is 1. The molecule has 1 aliphatic rings. The third-order valence-electron chi connectivity index (χ3n) is 4.52. The zero-order valence-corrected chi connectivity index (χ0v) is 16.8. The molecular weight excluding hydrogens is 363 g/mol. The molecule has 2 heterocycles. The van der Waals surface area contributed by atoms with E-state index in [-0.39, 0.29) is 23.4 Å². The number of carbonyl (C=O) groups is 1. The van der Waals surface area contributed by atoms with E-state index in [0.717, 1.165) is 30.4 Å². The molecule has 0 radical (unpaired) electrons. The third-order valence-corrected chi connectivity index (χ3v) is 5.55. The summed E-state index contributed by atoms with van der Waals surface area (Å²) in [6.45, 7) is 8.93. The van der Waals surface area contributed by atoms with E-state index < -0.39 is 0 Å². The molecule has 1 aromatic carbocycles. The molecule has 0 atom stereocenters. The summed E-state index contributed by atoms with van der Waals surface area (Å²) in [6.07, 6.45) is 0. The normalized spacial score (nSPS) is 14.7. The lowest BCUT2D eigenvalue weighted by Crippen LogP contribution is -2.49. The van der Waals surface area contributed by atoms with Crippen LogP contribution in [0, 0.1) is 12.7 Å². The van der Waals surface area contributed by atoms with Crippen LogP contribution in [0.2, 0.25) is 0 Å². The monoisotopic (exact) mass is 388 g/mol. The quantitative estimate of drug-likeness (QED) is 0.734. The molecule has 0 aliphatic carbocycles. The Morgan fingerprint density at radius 2 is 1.89 bits per heavy atom. The van der Waals surface area contributed by atoms with E-state index in [9.17, 15) is 9.18 Å². The topological polar surface area (TPSA) is 49.3 Å². The lowest BCUT2D eigenvalue weighted by atomic mass is 10.2. The fourth-order valence-corrected chi connectivity index (χ4v) is 3.81. The molecule has 0 N–H and O–H groups in total. The number of aromatic nitrogens is 2. The molecule has 0 bridgehead atoms. The summed E-state index contributed by atoms with van der Waals surface area (Å²) in [6, 6.07) is 8.55. The summed E-state index contributed by atoms with van der Waals surface area (Å²) >= 11 is 1.25. The number of halogens is 1. The van der Waals surface area contributed by atoms with Crippen molar-refractivity contribution in [1.82, 2.24) is 14.9 Å². The SMILES string of the molecule is Cc1cc(N2CCN(C(=O)CSc3ccccc3F)CC2)nc(C(C)C)n1. The van der Waals surface area contributed by atoms with E-state index in [0.29, 0.717) is 18.0 Å². The van der Waals surface area contributed by atoms with Crippen LogP contribution in [0.25, 0.3) is 0 Å². The number of aryl methyl sites for hydroxylation is 1. The summed E-state index contributed by atoms with van der Waals surface area (Å²) in [4.78, 5) is 26.2. The van der Waals surface area contributed by atoms with E-state index in [1.54, 1.807) is 18.2 Å². The van der Waals surface area contributed by atoms with Gasteiger partial charge in [-0.1, -0.05) is 26.0 Å². The molecule has 7 heteroatoms. The van der Waals surface area contributed by atoms with Crippen LogP contribution in [0.15, 0.2) is 35.2 Å². The van der Waals surface area contributed by atoms with Crippen molar-refractivity contribution in [3.8, 4) is 0 Å². The molecule has 1 amide bonds. The molecule has 144 valence electrons. The standard InChI is InChI=1S/C20H25FN4OS/c1-14(2)20-22-15(3)12-18(23-20)24-8-10-25(11-9-24)19(26)13-27-17-7-5-4-6-16(17)21/h4-7,12,14H,8-11,13H2,1-3H3. The summed E-state index contributed by atoms with van der Waals surface area (Å²) in [7, 11) is 0. The minimum absolute atomic E-state index is 0.0460. The number of benzene rings is 1. The lowest BCUT2D eigenvalue weighted by molar-refractivity contribution is -0.128. The second kappa shape index (κ2) is 8.69. The summed E-state index contributed by atoms with van der Waals surface area (Å²) in [5.41, 5.74) is 0.962. The first-order valence-corrected chi connectivity index (χ1v) is 10.2. The Labute approximate surface area is 164 Å². The van der Waals surface area contributed by atoms with E-state index >= 15 is 0 Å². The number of piperazine rings is 1. The number of thioether (sulfide) groups is 1. The van der Waals surface area contributed by atoms with Gasteiger partial charge in [-0.25, -0.2) is 14.4 Å². The van der Waals surface area contributed by atoms with Gasteiger partial charge in [0.2, 0.25) is 5.91 Å². The first-order chi connectivity index (χ1) is 12.9. The highest BCUT2D eigenvalue weighted by Gasteiger charge is 2.23. The maximum absolute atomic E-state index is 13.7. The Bertz CT molecular complexity index is 806. The molecule has 0 unspecified atom stereocenters. The second-order valence-corrected chi connectivity index (χ2v) is 7.98. The fraction of sp³-hybridized carbons (Fsp3) is 0.450. The molecule has 1 fully saturated rings. The van der Waals surface area contributed by atoms with Crippen LogP contribution in [0.4, 0.5) is 10.2 Å². The van der Waals surface area contributed by atoms with E-state index in [1.807, 2.05) is 17.9 Å². The van der Waals surface area contributed by atoms with Crippen LogP contribution >= 0.6 is 11.8 Å². The largest absolute Gasteiger partial charge is 0.353 e. The second-order valence-electron chi connectivity index (χ2n) is 6.97. The molecule has 27 heavy (non-hydrogen) atoms. The average molecular weight is 389 g/mol. The summed E-state index contributed by atoms with van der Waals surface area (Å²) < 4.78 is 13.7. The van der Waals surface area contributed by atoms with Crippen LogP contribution in [-0.4, -0.2) is 52.7 Å². The molecule has 1 aliphatic heterocycles. The molecule has 5 nitrogen and oxygen atoms in total. The van der Waals surface area contributed by atoms with E-state index in [2.05, 4.69) is 28.7 Å². The van der Waals surface area contributed by atoms with Gasteiger partial charge in [0.15, 0.2) is 0 Å². The minimum atomic E-state index is -0.278. The Morgan fingerprint density at radius 1 is 1.19 bits per heavy atom. The Hall–Kier alpha value is -2.15. The number of rotatable bonds is 5. The van der Waals surface area contributed by atoms with Crippen LogP contribution in [0.5, 0.6) is 0 Å². The van der Waals surface area contributed by atoms with Gasteiger partial charge in [-0.3, -0.25) is 4.79 Å². The van der Waals surface area contributed by atoms with Crippen molar-refractivity contribution in [2.45, 2.75) is 31.6 Å². The number of nitrogens with zero attached hydrogens (tertiary/aromatic N) is 4. The fourth-order valence-electron chi connectivity index (χ4n) is 2.97. The van der Waals surface area contributed by atoms with E-state index in [4.69, 9.17) is 0 Å². The van der Waals surface area contributed by atoms with Gasteiger partial charge in [0.05, 0.1) is 5.75 Å². The lowest BCUT2D eigenvalue weighted by Gasteiger charge is -2.35. The highest BCUT2D eigenvalue weighted by Crippen LogP contribution is 2.22. The van der Waals surface area contributed by atoms with Crippen molar-refractivity contribution in [3.05, 3.63) is 47.7 Å². The predicted molar refractivity (Wildman–Crippen MR) is 107 cm³/mol. The van der Waals surface area contributed by atoms with Gasteiger partial charge in [0.25, 0.3) is 0 Å². The van der Waals surface area contributed by atoms with Gasteiger partial charge in [0.1, 0.15) is 17.5 Å². The highest BCUT2D eigenvalue weighted by atomic mass is 32.2. The van der Waals surface area contributed by atoms with Crippen LogP contribution in [-0.2, 0) is 4.79 Å². The Kier molecular flexibility index (Phi) is 6.31. The van der Waals surface area contributed by atoms with Crippen molar-refractivity contribution in [2.24, 2.45) is 0 Å². The van der Waals surface area contributed by atoms with Gasteiger partial charge < -0.3 is 9.80 Å². The maximum atomic E-state index is 13.7. The first-order valence-electron chi connectivity index (χ1n) is 9.19. The van der Waals surface area contributed by atoms with Gasteiger partial charge in [-0.15, -0.1) is 11.8 Å². The van der Waals surface area contributed by atoms with Crippen molar-refractivity contribution in [2.75, 3.05) is 36.8 Å². The maximum Gasteiger partial charge on any atom is 0.233 e. The van der Waals surface area contributed by atoms with Crippen molar-refractivity contribution in [3.63, 3.8) is 0 Å². The average Bonchev–Trinajstić information content (AvgIpc) is 2.66. The van der Waals surface area contributed by atoms with Crippen molar-refractivity contribution in [1.29, 1.82) is 0 Å². The Balaban J connectivity index is 1.55. The predicted octanol–water partition coefficient (Wildman–Crippen LogP) is 3.49. The summed E-state index contributed by atoms with van der Waals surface area (Å²) in [5, 5.41) is 0. The summed E-state index contributed by atoms with van der Waals surface area (Å²) in [5.74, 6) is 2.08. The molecular formula is C20H25FN4OS. The van der Waals surface area contributed by atoms with Crippen molar-refractivity contribution < 1.29 is 9.18 Å². The van der Waals surface area contributed by atoms with Gasteiger partial charge in [0, 0.05) is 48.8 Å². The molecule has 0 saturated carbocycles. The molecule has 1 saturated heterocycles. The third kappa shape index (κ3) is 4.97. The van der Waals surface area contributed by atoms with Gasteiger partial charge in [-0.2, -0.15) is 0 Å². The minimum Gasteiger partial charge on any atom is -0.353 e. The number of anilines is 1. The number of carbonyl (C=O) groups excluding carboxylic acids is 1. The van der Waals surface area contributed by atoms with Crippen molar-refractivity contribution >= 4 is 23.5 Å². The van der Waals surface area contributed by atoms with Crippen LogP contribution < -0.4 is 4.90 Å². The molecule has 0 spiro atoms. The number of hydrogen-bond acceptors (Lipinski definition) is 5. The smallest absolute Gasteiger partial charge is 0.233 e. The molecule has 2 aromatic rings. The first kappa shape index (κ1) is 19.6. The molecule has 1 aromatic heterocycles. The Morgan fingerprint density at radius 3 is 2.56 bits per heavy atom. The zero-order chi connectivity index (χ0) is 19.4. The zero-order valence-electron chi connectivity index (χ0n) is 16.0. The highest BCUT2D eigenvalue weighted by molar-refractivity contribution is 8.00. The van der Waals surface area contributed by atoms with Crippen LogP contribution in [0.3, 0.4) is 0 Å². The number of hydrogen-bond donors (Lipinski definition) is 0.